The molecule has 1 aliphatic heterocycles. The Morgan fingerprint density at radius 2 is 1.47 bits per heavy atom. The Kier molecular flexibility index (Phi) is 6.45. The Morgan fingerprint density at radius 1 is 0.853 bits per heavy atom. The summed E-state index contributed by atoms with van der Waals surface area (Å²) in [6, 6.07) is 21.3. The lowest BCUT2D eigenvalue weighted by atomic mass is 10.0. The second-order valence-corrected chi connectivity index (χ2v) is 7.83. The highest BCUT2D eigenvalue weighted by Gasteiger charge is 2.40. The first kappa shape index (κ1) is 22.8. The average Bonchev–Trinajstić information content (AvgIpc) is 3.09. The Labute approximate surface area is 198 Å². The number of carbonyl (C=O) groups excluding carboxylic acids is 3. The number of hydrogen-bond acceptors (Lipinski definition) is 5. The van der Waals surface area contributed by atoms with Crippen molar-refractivity contribution in [2.24, 2.45) is 0 Å². The number of imide groups is 1. The molecule has 0 aliphatic carbocycles. The fourth-order valence-corrected chi connectivity index (χ4v) is 3.77. The van der Waals surface area contributed by atoms with Gasteiger partial charge < -0.3 is 15.4 Å². The second kappa shape index (κ2) is 9.62. The maximum absolute atomic E-state index is 13.6. The quantitative estimate of drug-likeness (QED) is 0.508. The molecule has 1 aliphatic rings. The van der Waals surface area contributed by atoms with E-state index in [2.05, 4.69) is 10.6 Å². The van der Waals surface area contributed by atoms with Crippen LogP contribution in [0, 0.1) is 0 Å². The zero-order valence-corrected chi connectivity index (χ0v) is 19.2. The van der Waals surface area contributed by atoms with Gasteiger partial charge in [-0.05, 0) is 66.1 Å². The standard InChI is InChI=1S/C27H25N3O4/c1-4-18-5-13-22(14-6-18)30-26(32)24(19-7-9-20(10-8-19)28-17(2)31)25(27(30)33)29-21-11-15-23(34-3)16-12-21/h5-16,29H,4H2,1-3H3,(H,28,31). The third-order valence-corrected chi connectivity index (χ3v) is 5.54. The van der Waals surface area contributed by atoms with Crippen molar-refractivity contribution in [2.75, 3.05) is 22.6 Å². The minimum atomic E-state index is -0.439. The first-order valence-electron chi connectivity index (χ1n) is 10.9. The van der Waals surface area contributed by atoms with E-state index in [4.69, 9.17) is 4.74 Å². The first-order valence-corrected chi connectivity index (χ1v) is 10.9. The van der Waals surface area contributed by atoms with Crippen molar-refractivity contribution in [3.8, 4) is 5.75 Å². The van der Waals surface area contributed by atoms with Gasteiger partial charge in [-0.15, -0.1) is 0 Å². The minimum absolute atomic E-state index is 0.182. The number of aryl methyl sites for hydroxylation is 1. The van der Waals surface area contributed by atoms with E-state index in [0.29, 0.717) is 28.4 Å². The van der Waals surface area contributed by atoms with Crippen LogP contribution in [-0.4, -0.2) is 24.8 Å². The highest BCUT2D eigenvalue weighted by atomic mass is 16.5. The van der Waals surface area contributed by atoms with E-state index in [1.165, 1.54) is 11.8 Å². The molecule has 0 fully saturated rings. The number of ether oxygens (including phenoxy) is 1. The Bertz CT molecular complexity index is 1260. The van der Waals surface area contributed by atoms with Gasteiger partial charge in [0.2, 0.25) is 5.91 Å². The molecule has 3 aromatic carbocycles. The highest BCUT2D eigenvalue weighted by Crippen LogP contribution is 2.34. The van der Waals surface area contributed by atoms with Crippen molar-refractivity contribution >= 4 is 40.4 Å². The van der Waals surface area contributed by atoms with Gasteiger partial charge in [0, 0.05) is 18.3 Å². The van der Waals surface area contributed by atoms with Crippen LogP contribution in [0.25, 0.3) is 5.57 Å². The molecule has 0 aromatic heterocycles. The van der Waals surface area contributed by atoms with E-state index < -0.39 is 11.8 Å². The number of methoxy groups -OCH3 is 1. The number of nitrogens with zero attached hydrogens (tertiary/aromatic N) is 1. The van der Waals surface area contributed by atoms with Gasteiger partial charge in [-0.3, -0.25) is 14.4 Å². The summed E-state index contributed by atoms with van der Waals surface area (Å²) >= 11 is 0. The molecule has 0 saturated heterocycles. The van der Waals surface area contributed by atoms with Gasteiger partial charge in [-0.1, -0.05) is 31.2 Å². The molecule has 7 heteroatoms. The summed E-state index contributed by atoms with van der Waals surface area (Å²) in [4.78, 5) is 39.6. The van der Waals surface area contributed by atoms with Crippen LogP contribution in [0.1, 0.15) is 25.0 Å². The molecule has 0 spiro atoms. The molecule has 0 radical (unpaired) electrons. The van der Waals surface area contributed by atoms with Crippen LogP contribution in [-0.2, 0) is 20.8 Å². The Balaban J connectivity index is 1.75. The molecule has 172 valence electrons. The summed E-state index contributed by atoms with van der Waals surface area (Å²) < 4.78 is 5.20. The predicted octanol–water partition coefficient (Wildman–Crippen LogP) is 4.61. The lowest BCUT2D eigenvalue weighted by molar-refractivity contribution is -0.120. The van der Waals surface area contributed by atoms with E-state index >= 15 is 0 Å². The molecule has 1 heterocycles. The van der Waals surface area contributed by atoms with Crippen LogP contribution in [0.5, 0.6) is 5.75 Å². The molecule has 3 aromatic rings. The zero-order chi connectivity index (χ0) is 24.2. The van der Waals surface area contributed by atoms with Gasteiger partial charge >= 0.3 is 0 Å². The largest absolute Gasteiger partial charge is 0.497 e. The van der Waals surface area contributed by atoms with Gasteiger partial charge in [-0.25, -0.2) is 4.90 Å². The zero-order valence-electron chi connectivity index (χ0n) is 19.2. The molecule has 2 N–H and O–H groups in total. The molecule has 7 nitrogen and oxygen atoms in total. The van der Waals surface area contributed by atoms with Crippen molar-refractivity contribution in [2.45, 2.75) is 20.3 Å². The first-order chi connectivity index (χ1) is 16.4. The summed E-state index contributed by atoms with van der Waals surface area (Å²) in [6.45, 7) is 3.47. The number of benzene rings is 3. The minimum Gasteiger partial charge on any atom is -0.497 e. The van der Waals surface area contributed by atoms with Crippen molar-refractivity contribution in [3.63, 3.8) is 0 Å². The molecule has 0 unspecified atom stereocenters. The van der Waals surface area contributed by atoms with Crippen LogP contribution >= 0.6 is 0 Å². The maximum Gasteiger partial charge on any atom is 0.282 e. The number of rotatable bonds is 7. The van der Waals surface area contributed by atoms with Gasteiger partial charge in [0.15, 0.2) is 0 Å². The normalized spacial score (nSPS) is 13.3. The molecule has 3 amide bonds. The summed E-state index contributed by atoms with van der Waals surface area (Å²) in [7, 11) is 1.58. The van der Waals surface area contributed by atoms with E-state index in [1.807, 2.05) is 19.1 Å². The van der Waals surface area contributed by atoms with Crippen LogP contribution < -0.4 is 20.3 Å². The fraction of sp³-hybridized carbons (Fsp3) is 0.148. The van der Waals surface area contributed by atoms with Gasteiger partial charge in [-0.2, -0.15) is 0 Å². The van der Waals surface area contributed by atoms with Crippen molar-refractivity contribution < 1.29 is 19.1 Å². The Hall–Kier alpha value is -4.39. The molecule has 0 saturated carbocycles. The van der Waals surface area contributed by atoms with Crippen molar-refractivity contribution in [1.29, 1.82) is 0 Å². The number of hydrogen-bond donors (Lipinski definition) is 2. The fourth-order valence-electron chi connectivity index (χ4n) is 3.77. The summed E-state index contributed by atoms with van der Waals surface area (Å²) in [5.74, 6) is -0.369. The summed E-state index contributed by atoms with van der Waals surface area (Å²) in [5, 5.41) is 5.84. The molecule has 0 atom stereocenters. The lowest BCUT2D eigenvalue weighted by Gasteiger charge is -2.16. The van der Waals surface area contributed by atoms with E-state index in [1.54, 1.807) is 67.8 Å². The molecule has 4 rings (SSSR count). The summed E-state index contributed by atoms with van der Waals surface area (Å²) in [6.07, 6.45) is 0.858. The number of nitrogens with one attached hydrogen (secondary N) is 2. The monoisotopic (exact) mass is 455 g/mol. The Morgan fingerprint density at radius 3 is 2.03 bits per heavy atom. The van der Waals surface area contributed by atoms with E-state index in [0.717, 1.165) is 12.0 Å². The summed E-state index contributed by atoms with van der Waals surface area (Å²) in [5.41, 5.74) is 3.87. The topological polar surface area (TPSA) is 87.7 Å². The lowest BCUT2D eigenvalue weighted by Crippen LogP contribution is -2.32. The number of amides is 3. The third-order valence-electron chi connectivity index (χ3n) is 5.54. The van der Waals surface area contributed by atoms with Crippen LogP contribution in [0.4, 0.5) is 17.1 Å². The van der Waals surface area contributed by atoms with Crippen LogP contribution in [0.2, 0.25) is 0 Å². The molecule has 0 bridgehead atoms. The second-order valence-electron chi connectivity index (χ2n) is 7.83. The number of anilines is 3. The predicted molar refractivity (Wildman–Crippen MR) is 133 cm³/mol. The van der Waals surface area contributed by atoms with E-state index in [9.17, 15) is 14.4 Å². The van der Waals surface area contributed by atoms with Crippen molar-refractivity contribution in [1.82, 2.24) is 0 Å². The molecular weight excluding hydrogens is 430 g/mol. The van der Waals surface area contributed by atoms with Crippen LogP contribution in [0.3, 0.4) is 0 Å². The molecular formula is C27H25N3O4. The smallest absolute Gasteiger partial charge is 0.282 e. The number of carbonyl (C=O) groups is 3. The highest BCUT2D eigenvalue weighted by molar-refractivity contribution is 6.46. The van der Waals surface area contributed by atoms with E-state index in [-0.39, 0.29) is 17.2 Å². The van der Waals surface area contributed by atoms with Crippen molar-refractivity contribution in [3.05, 3.63) is 89.6 Å². The average molecular weight is 456 g/mol. The maximum atomic E-state index is 13.6. The van der Waals surface area contributed by atoms with Crippen LogP contribution in [0.15, 0.2) is 78.5 Å². The van der Waals surface area contributed by atoms with Gasteiger partial charge in [0.1, 0.15) is 11.4 Å². The SMILES string of the molecule is CCc1ccc(N2C(=O)C(Nc3ccc(OC)cc3)=C(c3ccc(NC(C)=O)cc3)C2=O)cc1. The molecule has 34 heavy (non-hydrogen) atoms. The van der Waals surface area contributed by atoms with Gasteiger partial charge in [0.25, 0.3) is 11.8 Å². The van der Waals surface area contributed by atoms with Gasteiger partial charge in [0.05, 0.1) is 18.4 Å². The third kappa shape index (κ3) is 4.54.